The molecule has 6 nitrogen and oxygen atoms in total. The van der Waals surface area contributed by atoms with Crippen molar-refractivity contribution in [3.8, 4) is 0 Å². The van der Waals surface area contributed by atoms with Crippen molar-refractivity contribution < 1.29 is 9.90 Å². The minimum absolute atomic E-state index is 0.158. The van der Waals surface area contributed by atoms with Crippen LogP contribution >= 0.6 is 11.3 Å². The first kappa shape index (κ1) is 14.7. The normalized spacial score (nSPS) is 12.2. The number of aromatic nitrogens is 1. The average Bonchev–Trinajstić information content (AvgIpc) is 2.66. The summed E-state index contributed by atoms with van der Waals surface area (Å²) in [5, 5.41) is 12.9. The van der Waals surface area contributed by atoms with Gasteiger partial charge in [-0.15, -0.1) is 0 Å². The molecule has 0 aliphatic rings. The van der Waals surface area contributed by atoms with Crippen LogP contribution in [-0.2, 0) is 0 Å². The molecule has 4 N–H and O–H groups in total. The molecular weight excluding hydrogens is 252 g/mol. The molecule has 0 aliphatic carbocycles. The number of nitrogens with zero attached hydrogens (tertiary/aromatic N) is 2. The topological polar surface area (TPSA) is 91.5 Å². The van der Waals surface area contributed by atoms with Gasteiger partial charge in [0.2, 0.25) is 0 Å². The largest absolute Gasteiger partial charge is 0.393 e. The second-order valence-corrected chi connectivity index (χ2v) is 5.13. The van der Waals surface area contributed by atoms with E-state index in [9.17, 15) is 9.90 Å². The maximum Gasteiger partial charge on any atom is 0.267 e. The minimum atomic E-state index is -0.420. The fourth-order valence-electron chi connectivity index (χ4n) is 1.37. The quantitative estimate of drug-likeness (QED) is 0.718. The van der Waals surface area contributed by atoms with Crippen LogP contribution in [-0.4, -0.2) is 47.1 Å². The van der Waals surface area contributed by atoms with Crippen LogP contribution in [0.15, 0.2) is 0 Å². The zero-order valence-electron chi connectivity index (χ0n) is 10.9. The van der Waals surface area contributed by atoms with Crippen LogP contribution in [0, 0.1) is 0 Å². The third-order valence-corrected chi connectivity index (χ3v) is 3.42. The van der Waals surface area contributed by atoms with E-state index in [-0.39, 0.29) is 11.7 Å². The number of carbonyl (C=O) groups excluding carboxylic acids is 1. The monoisotopic (exact) mass is 272 g/mol. The summed E-state index contributed by atoms with van der Waals surface area (Å²) >= 11 is 1.25. The van der Waals surface area contributed by atoms with E-state index < -0.39 is 6.10 Å². The van der Waals surface area contributed by atoms with Crippen LogP contribution in [0.3, 0.4) is 0 Å². The van der Waals surface area contributed by atoms with Crippen molar-refractivity contribution in [1.82, 2.24) is 9.88 Å². The number of aliphatic hydroxyl groups excluding tert-OH is 1. The van der Waals surface area contributed by atoms with Gasteiger partial charge in [0.05, 0.1) is 6.10 Å². The molecule has 0 radical (unpaired) electrons. The van der Waals surface area contributed by atoms with E-state index in [4.69, 9.17) is 5.73 Å². The number of aliphatic hydroxyl groups is 1. The van der Waals surface area contributed by atoms with E-state index in [0.29, 0.717) is 23.0 Å². The van der Waals surface area contributed by atoms with Gasteiger partial charge in [0.25, 0.3) is 5.91 Å². The van der Waals surface area contributed by atoms with Gasteiger partial charge in [0.15, 0.2) is 5.13 Å². The molecule has 0 aromatic carbocycles. The molecule has 0 aliphatic heterocycles. The third-order valence-electron chi connectivity index (χ3n) is 2.40. The molecule has 1 rings (SSSR count). The summed E-state index contributed by atoms with van der Waals surface area (Å²) in [6.07, 6.45) is 0.123. The van der Waals surface area contributed by atoms with Gasteiger partial charge in [-0.3, -0.25) is 4.79 Å². The highest BCUT2D eigenvalue weighted by atomic mass is 32.1. The maximum absolute atomic E-state index is 12.1. The number of nitrogens with two attached hydrogens (primary N) is 1. The molecule has 0 spiro atoms. The standard InChI is InChI=1S/C11H20N4O2S/c1-4-13-11-14-9(12)8(18-11)10(17)15(3)6-5-7(2)16/h7,16H,4-6,12H2,1-3H3,(H,13,14). The first-order valence-corrected chi connectivity index (χ1v) is 6.71. The highest BCUT2D eigenvalue weighted by Gasteiger charge is 2.19. The van der Waals surface area contributed by atoms with Crippen LogP contribution in [0.2, 0.25) is 0 Å². The zero-order valence-corrected chi connectivity index (χ0v) is 11.8. The predicted octanol–water partition coefficient (Wildman–Crippen LogP) is 1.000. The number of amides is 1. The van der Waals surface area contributed by atoms with E-state index in [2.05, 4.69) is 10.3 Å². The Labute approximate surface area is 111 Å². The summed E-state index contributed by atoms with van der Waals surface area (Å²) in [6, 6.07) is 0. The number of thiazole rings is 1. The van der Waals surface area contributed by atoms with Crippen molar-refractivity contribution >= 4 is 28.2 Å². The average molecular weight is 272 g/mol. The van der Waals surface area contributed by atoms with Gasteiger partial charge in [-0.2, -0.15) is 0 Å². The molecule has 0 saturated carbocycles. The fourth-order valence-corrected chi connectivity index (χ4v) is 2.31. The van der Waals surface area contributed by atoms with Crippen molar-refractivity contribution in [3.05, 3.63) is 4.88 Å². The molecule has 102 valence electrons. The predicted molar refractivity (Wildman–Crippen MR) is 73.9 cm³/mol. The lowest BCUT2D eigenvalue weighted by atomic mass is 10.2. The Morgan fingerprint density at radius 3 is 2.89 bits per heavy atom. The Kier molecular flexibility index (Phi) is 5.36. The van der Waals surface area contributed by atoms with Gasteiger partial charge in [-0.05, 0) is 20.3 Å². The Bertz CT molecular complexity index is 406. The van der Waals surface area contributed by atoms with Crippen LogP contribution in [0.25, 0.3) is 0 Å². The fraction of sp³-hybridized carbons (Fsp3) is 0.636. The molecular formula is C11H20N4O2S. The number of carbonyl (C=O) groups is 1. The summed E-state index contributed by atoms with van der Waals surface area (Å²) in [6.45, 7) is 4.87. The zero-order chi connectivity index (χ0) is 13.7. The van der Waals surface area contributed by atoms with Crippen LogP contribution in [0.1, 0.15) is 29.9 Å². The molecule has 18 heavy (non-hydrogen) atoms. The summed E-state index contributed by atoms with van der Waals surface area (Å²) in [5.74, 6) is 0.0969. The minimum Gasteiger partial charge on any atom is -0.393 e. The molecule has 1 atom stereocenters. The van der Waals surface area contributed by atoms with E-state index in [1.807, 2.05) is 6.92 Å². The van der Waals surface area contributed by atoms with Gasteiger partial charge < -0.3 is 21.1 Å². The highest BCUT2D eigenvalue weighted by Crippen LogP contribution is 2.25. The number of nitrogens with one attached hydrogen (secondary N) is 1. The molecule has 1 unspecified atom stereocenters. The van der Waals surface area contributed by atoms with Gasteiger partial charge >= 0.3 is 0 Å². The molecule has 1 amide bonds. The molecule has 0 fully saturated rings. The van der Waals surface area contributed by atoms with Crippen molar-refractivity contribution in [2.45, 2.75) is 26.4 Å². The van der Waals surface area contributed by atoms with Gasteiger partial charge in [-0.25, -0.2) is 4.98 Å². The molecule has 0 saturated heterocycles. The number of nitrogen functional groups attached to an aromatic ring is 1. The first-order valence-electron chi connectivity index (χ1n) is 5.89. The second kappa shape index (κ2) is 6.55. The number of rotatable bonds is 6. The second-order valence-electron chi connectivity index (χ2n) is 4.13. The summed E-state index contributed by atoms with van der Waals surface area (Å²) in [5.41, 5.74) is 5.73. The van der Waals surface area contributed by atoms with Crippen molar-refractivity contribution in [2.24, 2.45) is 0 Å². The Morgan fingerprint density at radius 2 is 2.33 bits per heavy atom. The van der Waals surface area contributed by atoms with E-state index in [0.717, 1.165) is 6.54 Å². The van der Waals surface area contributed by atoms with Crippen molar-refractivity contribution in [2.75, 3.05) is 31.2 Å². The molecule has 0 bridgehead atoms. The Morgan fingerprint density at radius 1 is 1.67 bits per heavy atom. The Hall–Kier alpha value is -1.34. The number of hydrogen-bond donors (Lipinski definition) is 3. The summed E-state index contributed by atoms with van der Waals surface area (Å²) < 4.78 is 0. The highest BCUT2D eigenvalue weighted by molar-refractivity contribution is 7.18. The Balaban J connectivity index is 2.70. The smallest absolute Gasteiger partial charge is 0.267 e. The maximum atomic E-state index is 12.1. The third kappa shape index (κ3) is 3.85. The summed E-state index contributed by atoms with van der Waals surface area (Å²) in [7, 11) is 1.69. The van der Waals surface area contributed by atoms with Crippen LogP contribution in [0.4, 0.5) is 10.9 Å². The first-order chi connectivity index (χ1) is 8.45. The van der Waals surface area contributed by atoms with Gasteiger partial charge in [0.1, 0.15) is 10.7 Å². The van der Waals surface area contributed by atoms with E-state index >= 15 is 0 Å². The van der Waals surface area contributed by atoms with Crippen molar-refractivity contribution in [3.63, 3.8) is 0 Å². The molecule has 7 heteroatoms. The lowest BCUT2D eigenvalue weighted by Crippen LogP contribution is -2.29. The molecule has 1 aromatic heterocycles. The molecule has 1 heterocycles. The number of hydrogen-bond acceptors (Lipinski definition) is 6. The van der Waals surface area contributed by atoms with Crippen LogP contribution < -0.4 is 11.1 Å². The van der Waals surface area contributed by atoms with Gasteiger partial charge in [-0.1, -0.05) is 11.3 Å². The summed E-state index contributed by atoms with van der Waals surface area (Å²) in [4.78, 5) is 18.2. The lowest BCUT2D eigenvalue weighted by molar-refractivity contribution is 0.0774. The van der Waals surface area contributed by atoms with E-state index in [1.165, 1.54) is 11.3 Å². The van der Waals surface area contributed by atoms with Crippen LogP contribution in [0.5, 0.6) is 0 Å². The SMILES string of the molecule is CCNc1nc(N)c(C(=O)N(C)CCC(C)O)s1. The molecule has 1 aromatic rings. The van der Waals surface area contributed by atoms with E-state index in [1.54, 1.807) is 18.9 Å². The number of anilines is 2. The lowest BCUT2D eigenvalue weighted by Gasteiger charge is -2.17. The van der Waals surface area contributed by atoms with Crippen molar-refractivity contribution in [1.29, 1.82) is 0 Å². The van der Waals surface area contributed by atoms with Gasteiger partial charge in [0, 0.05) is 20.1 Å².